The summed E-state index contributed by atoms with van der Waals surface area (Å²) in [5.41, 5.74) is 1.47. The minimum absolute atomic E-state index is 0.0886. The van der Waals surface area contributed by atoms with Crippen LogP contribution in [0.4, 0.5) is 9.59 Å². The quantitative estimate of drug-likeness (QED) is 0.321. The Kier molecular flexibility index (Phi) is 3.27. The van der Waals surface area contributed by atoms with Gasteiger partial charge in [0.1, 0.15) is 0 Å². The summed E-state index contributed by atoms with van der Waals surface area (Å²) in [5.74, 6) is 6.10. The zero-order valence-corrected chi connectivity index (χ0v) is 10.7. The number of cyclic esters (lactones) is 2. The lowest BCUT2D eigenvalue weighted by Gasteiger charge is -2.02. The van der Waals surface area contributed by atoms with Crippen LogP contribution in [-0.2, 0) is 4.74 Å². The molecule has 2 aromatic carbocycles. The molecular formula is C16H8O5. The van der Waals surface area contributed by atoms with Crippen molar-refractivity contribution in [3.8, 4) is 23.3 Å². The molecule has 2 aromatic rings. The van der Waals surface area contributed by atoms with E-state index in [0.717, 1.165) is 5.56 Å². The Morgan fingerprint density at radius 2 is 1.33 bits per heavy atom. The second-order valence-electron chi connectivity index (χ2n) is 4.08. The topological polar surface area (TPSA) is 61.8 Å². The Balaban J connectivity index is 1.91. The zero-order valence-electron chi connectivity index (χ0n) is 10.7. The van der Waals surface area contributed by atoms with Gasteiger partial charge in [0.2, 0.25) is 0 Å². The van der Waals surface area contributed by atoms with Crippen molar-refractivity contribution in [1.82, 2.24) is 0 Å². The molecule has 0 saturated carbocycles. The minimum Gasteiger partial charge on any atom is -0.391 e. The zero-order chi connectivity index (χ0) is 14.7. The highest BCUT2D eigenvalue weighted by Crippen LogP contribution is 2.30. The van der Waals surface area contributed by atoms with Crippen molar-refractivity contribution in [2.24, 2.45) is 0 Å². The van der Waals surface area contributed by atoms with E-state index in [-0.39, 0.29) is 11.5 Å². The lowest BCUT2D eigenvalue weighted by Crippen LogP contribution is -2.14. The fourth-order valence-corrected chi connectivity index (χ4v) is 1.70. The van der Waals surface area contributed by atoms with E-state index in [0.29, 0.717) is 5.56 Å². The molecule has 0 saturated heterocycles. The molecule has 0 unspecified atom stereocenters. The van der Waals surface area contributed by atoms with Crippen LogP contribution in [0.5, 0.6) is 11.5 Å². The molecule has 0 fully saturated rings. The van der Waals surface area contributed by atoms with Gasteiger partial charge in [0, 0.05) is 17.2 Å². The summed E-state index contributed by atoms with van der Waals surface area (Å²) < 4.78 is 13.8. The summed E-state index contributed by atoms with van der Waals surface area (Å²) >= 11 is 0. The van der Waals surface area contributed by atoms with Gasteiger partial charge in [-0.3, -0.25) is 0 Å². The molecule has 0 spiro atoms. The summed E-state index contributed by atoms with van der Waals surface area (Å²) in [6.07, 6.45) is -2.26. The van der Waals surface area contributed by atoms with Crippen LogP contribution in [0.3, 0.4) is 0 Å². The van der Waals surface area contributed by atoms with Gasteiger partial charge in [0.05, 0.1) is 0 Å². The molecule has 5 nitrogen and oxygen atoms in total. The van der Waals surface area contributed by atoms with Crippen molar-refractivity contribution in [2.75, 3.05) is 0 Å². The Labute approximate surface area is 120 Å². The molecular weight excluding hydrogens is 272 g/mol. The van der Waals surface area contributed by atoms with Crippen LogP contribution >= 0.6 is 0 Å². The minimum atomic E-state index is -1.13. The smallest absolute Gasteiger partial charge is 0.391 e. The van der Waals surface area contributed by atoms with Gasteiger partial charge >= 0.3 is 12.3 Å². The van der Waals surface area contributed by atoms with Crippen molar-refractivity contribution in [2.45, 2.75) is 0 Å². The van der Waals surface area contributed by atoms with Gasteiger partial charge in [0.15, 0.2) is 11.5 Å². The number of hydrogen-bond donors (Lipinski definition) is 0. The molecule has 1 aliphatic heterocycles. The van der Waals surface area contributed by atoms with Gasteiger partial charge in [-0.05, 0) is 24.3 Å². The molecule has 0 aliphatic carbocycles. The van der Waals surface area contributed by atoms with E-state index in [2.05, 4.69) is 16.6 Å². The first-order valence-corrected chi connectivity index (χ1v) is 6.03. The Morgan fingerprint density at radius 3 is 2.10 bits per heavy atom. The van der Waals surface area contributed by atoms with Crippen molar-refractivity contribution >= 4 is 12.3 Å². The van der Waals surface area contributed by atoms with Crippen molar-refractivity contribution < 1.29 is 23.8 Å². The van der Waals surface area contributed by atoms with Gasteiger partial charge in [-0.15, -0.1) is 0 Å². The fraction of sp³-hybridized carbons (Fsp3) is 0. The third-order valence-electron chi connectivity index (χ3n) is 2.62. The molecule has 0 atom stereocenters. The average Bonchev–Trinajstić information content (AvgIpc) is 2.62. The van der Waals surface area contributed by atoms with E-state index in [9.17, 15) is 9.59 Å². The highest BCUT2D eigenvalue weighted by Gasteiger charge is 2.23. The normalized spacial score (nSPS) is 12.8. The van der Waals surface area contributed by atoms with Gasteiger partial charge in [-0.25, -0.2) is 9.59 Å². The molecule has 5 heteroatoms. The van der Waals surface area contributed by atoms with Crippen molar-refractivity contribution in [3.63, 3.8) is 0 Å². The van der Waals surface area contributed by atoms with Crippen LogP contribution in [0.25, 0.3) is 0 Å². The van der Waals surface area contributed by atoms with Crippen molar-refractivity contribution in [3.05, 3.63) is 59.7 Å². The van der Waals surface area contributed by atoms with Crippen LogP contribution in [0.2, 0.25) is 0 Å². The summed E-state index contributed by atoms with van der Waals surface area (Å²) in [5, 5.41) is 0. The second kappa shape index (κ2) is 5.39. The first-order valence-electron chi connectivity index (χ1n) is 6.03. The van der Waals surface area contributed by atoms with Gasteiger partial charge in [-0.1, -0.05) is 30.0 Å². The monoisotopic (exact) mass is 280 g/mol. The molecule has 0 amide bonds. The molecule has 0 aromatic heterocycles. The lowest BCUT2D eigenvalue weighted by molar-refractivity contribution is 0.0998. The fourth-order valence-electron chi connectivity index (χ4n) is 1.70. The standard InChI is InChI=1S/C16H8O5/c17-15-19-13-9-8-12(10-14(13)20-16(18)21-15)7-6-11-4-2-1-3-5-11/h1-5,8-10H. The molecule has 102 valence electrons. The number of hydrogen-bond acceptors (Lipinski definition) is 5. The maximum atomic E-state index is 11.2. The molecule has 0 radical (unpaired) electrons. The highest BCUT2D eigenvalue weighted by molar-refractivity contribution is 5.82. The molecule has 1 heterocycles. The molecule has 1 aliphatic rings. The third kappa shape index (κ3) is 3.01. The first-order chi connectivity index (χ1) is 10.2. The van der Waals surface area contributed by atoms with Crippen LogP contribution in [0.1, 0.15) is 11.1 Å². The summed E-state index contributed by atoms with van der Waals surface area (Å²) in [4.78, 5) is 22.2. The second-order valence-corrected chi connectivity index (χ2v) is 4.08. The molecule has 0 bridgehead atoms. The number of ether oxygens (including phenoxy) is 3. The summed E-state index contributed by atoms with van der Waals surface area (Å²) in [6.45, 7) is 0. The third-order valence-corrected chi connectivity index (χ3v) is 2.62. The van der Waals surface area contributed by atoms with Crippen molar-refractivity contribution in [1.29, 1.82) is 0 Å². The molecule has 21 heavy (non-hydrogen) atoms. The largest absolute Gasteiger partial charge is 0.524 e. The predicted octanol–water partition coefficient (Wildman–Crippen LogP) is 3.11. The van der Waals surface area contributed by atoms with Crippen LogP contribution in [0.15, 0.2) is 48.5 Å². The maximum absolute atomic E-state index is 11.2. The first kappa shape index (κ1) is 12.8. The van der Waals surface area contributed by atoms with Crippen LogP contribution in [-0.4, -0.2) is 12.3 Å². The van der Waals surface area contributed by atoms with E-state index < -0.39 is 12.3 Å². The Hall–Kier alpha value is -3.26. The Bertz CT molecular complexity index is 768. The summed E-state index contributed by atoms with van der Waals surface area (Å²) in [7, 11) is 0. The molecule has 0 N–H and O–H groups in total. The summed E-state index contributed by atoms with van der Waals surface area (Å²) in [6, 6.07) is 14.1. The van der Waals surface area contributed by atoms with E-state index in [4.69, 9.17) is 9.47 Å². The van der Waals surface area contributed by atoms with E-state index in [1.54, 1.807) is 6.07 Å². The average molecular weight is 280 g/mol. The number of fused-ring (bicyclic) bond motifs is 1. The van der Waals surface area contributed by atoms with Crippen LogP contribution in [0, 0.1) is 11.8 Å². The highest BCUT2D eigenvalue weighted by atomic mass is 16.8. The SMILES string of the molecule is O=C1OC(=O)Oc2cc(C#Cc3ccccc3)ccc2O1. The number of benzene rings is 2. The predicted molar refractivity (Wildman–Crippen MR) is 72.0 cm³/mol. The number of carbonyl (C=O) groups is 2. The van der Waals surface area contributed by atoms with Gasteiger partial charge in [0.25, 0.3) is 0 Å². The van der Waals surface area contributed by atoms with Gasteiger partial charge in [-0.2, -0.15) is 0 Å². The van der Waals surface area contributed by atoms with E-state index >= 15 is 0 Å². The molecule has 3 rings (SSSR count). The Morgan fingerprint density at radius 1 is 0.667 bits per heavy atom. The van der Waals surface area contributed by atoms with Gasteiger partial charge < -0.3 is 14.2 Å². The maximum Gasteiger partial charge on any atom is 0.524 e. The number of carbonyl (C=O) groups excluding carboxylic acids is 2. The number of rotatable bonds is 0. The van der Waals surface area contributed by atoms with E-state index in [1.807, 2.05) is 30.3 Å². The van der Waals surface area contributed by atoms with E-state index in [1.165, 1.54) is 12.1 Å². The lowest BCUT2D eigenvalue weighted by atomic mass is 10.1. The van der Waals surface area contributed by atoms with Crippen LogP contribution < -0.4 is 9.47 Å².